The summed E-state index contributed by atoms with van der Waals surface area (Å²) in [5.41, 5.74) is 0.743. The van der Waals surface area contributed by atoms with E-state index in [0.717, 1.165) is 10.0 Å². The van der Waals surface area contributed by atoms with Crippen molar-refractivity contribution in [3.63, 3.8) is 0 Å². The number of hydrazone groups is 1. The number of halogens is 2. The van der Waals surface area contributed by atoms with Gasteiger partial charge in [0.15, 0.2) is 0 Å². The first-order valence-electron chi connectivity index (χ1n) is 5.53. The lowest BCUT2D eigenvalue weighted by Gasteiger charge is -2.03. The Kier molecular flexibility index (Phi) is 4.80. The Morgan fingerprint density at radius 1 is 1.05 bits per heavy atom. The third-order valence-electron chi connectivity index (χ3n) is 2.38. The van der Waals surface area contributed by atoms with Crippen molar-refractivity contribution in [1.82, 2.24) is 4.83 Å². The van der Waals surface area contributed by atoms with Crippen molar-refractivity contribution in [2.75, 3.05) is 0 Å². The molecule has 20 heavy (non-hydrogen) atoms. The summed E-state index contributed by atoms with van der Waals surface area (Å²) in [6.45, 7) is 0. The van der Waals surface area contributed by atoms with Gasteiger partial charge >= 0.3 is 0 Å². The molecule has 7 heteroatoms. The summed E-state index contributed by atoms with van der Waals surface area (Å²) >= 11 is 9.00. The van der Waals surface area contributed by atoms with Gasteiger partial charge in [0.1, 0.15) is 0 Å². The molecule has 0 aromatic heterocycles. The van der Waals surface area contributed by atoms with Gasteiger partial charge in [0.25, 0.3) is 10.0 Å². The number of benzene rings is 2. The van der Waals surface area contributed by atoms with Gasteiger partial charge in [-0.1, -0.05) is 39.7 Å². The Bertz CT molecular complexity index is 713. The van der Waals surface area contributed by atoms with Crippen LogP contribution in [0.15, 0.2) is 63.0 Å². The lowest BCUT2D eigenvalue weighted by Crippen LogP contribution is -2.18. The van der Waals surface area contributed by atoms with Gasteiger partial charge in [-0.15, -0.1) is 0 Å². The molecule has 0 aliphatic rings. The van der Waals surface area contributed by atoms with Crippen molar-refractivity contribution < 1.29 is 8.42 Å². The van der Waals surface area contributed by atoms with Gasteiger partial charge in [-0.25, -0.2) is 4.83 Å². The van der Waals surface area contributed by atoms with Crippen LogP contribution in [0.5, 0.6) is 0 Å². The van der Waals surface area contributed by atoms with Gasteiger partial charge < -0.3 is 0 Å². The molecule has 0 aliphatic heterocycles. The molecular formula is C13H10BrClN2O2S. The van der Waals surface area contributed by atoms with Crippen molar-refractivity contribution in [3.8, 4) is 0 Å². The Labute approximate surface area is 130 Å². The molecule has 0 saturated heterocycles. The van der Waals surface area contributed by atoms with Gasteiger partial charge in [-0.05, 0) is 42.0 Å². The fraction of sp³-hybridized carbons (Fsp3) is 0. The van der Waals surface area contributed by atoms with Crippen molar-refractivity contribution in [2.45, 2.75) is 4.90 Å². The second-order valence-electron chi connectivity index (χ2n) is 3.86. The van der Waals surface area contributed by atoms with Gasteiger partial charge in [0.05, 0.1) is 11.1 Å². The average Bonchev–Trinajstić information content (AvgIpc) is 2.41. The minimum Gasteiger partial charge on any atom is -0.200 e. The number of rotatable bonds is 4. The highest BCUT2D eigenvalue weighted by Gasteiger charge is 2.11. The maximum Gasteiger partial charge on any atom is 0.276 e. The maximum atomic E-state index is 11.9. The van der Waals surface area contributed by atoms with E-state index in [1.165, 1.54) is 18.3 Å². The second kappa shape index (κ2) is 6.39. The van der Waals surface area contributed by atoms with E-state index < -0.39 is 10.0 Å². The van der Waals surface area contributed by atoms with E-state index in [-0.39, 0.29) is 4.90 Å². The predicted octanol–water partition coefficient (Wildman–Crippen LogP) is 3.41. The third kappa shape index (κ3) is 4.06. The van der Waals surface area contributed by atoms with Crippen LogP contribution in [0, 0.1) is 0 Å². The van der Waals surface area contributed by atoms with Gasteiger partial charge in [0, 0.05) is 9.50 Å². The molecule has 0 fully saturated rings. The van der Waals surface area contributed by atoms with Crippen molar-refractivity contribution >= 4 is 43.8 Å². The third-order valence-corrected chi connectivity index (χ3v) is 4.40. The van der Waals surface area contributed by atoms with E-state index in [0.29, 0.717) is 5.02 Å². The van der Waals surface area contributed by atoms with Crippen LogP contribution < -0.4 is 4.83 Å². The smallest absolute Gasteiger partial charge is 0.200 e. The Morgan fingerprint density at radius 3 is 2.25 bits per heavy atom. The van der Waals surface area contributed by atoms with E-state index in [2.05, 4.69) is 25.9 Å². The zero-order chi connectivity index (χ0) is 14.6. The monoisotopic (exact) mass is 372 g/mol. The van der Waals surface area contributed by atoms with Crippen LogP contribution in [-0.4, -0.2) is 14.6 Å². The van der Waals surface area contributed by atoms with E-state index in [9.17, 15) is 8.42 Å². The molecule has 2 rings (SSSR count). The zero-order valence-electron chi connectivity index (χ0n) is 10.1. The fourth-order valence-corrected chi connectivity index (χ4v) is 2.57. The Hall–Kier alpha value is -1.37. The molecule has 0 bridgehead atoms. The average molecular weight is 374 g/mol. The summed E-state index contributed by atoms with van der Waals surface area (Å²) in [7, 11) is -3.65. The Morgan fingerprint density at radius 2 is 1.65 bits per heavy atom. The summed E-state index contributed by atoms with van der Waals surface area (Å²) in [6.07, 6.45) is 1.41. The van der Waals surface area contributed by atoms with Gasteiger partial charge in [-0.3, -0.25) is 0 Å². The lowest BCUT2D eigenvalue weighted by atomic mass is 10.2. The normalized spacial score (nSPS) is 11.7. The number of sulfonamides is 1. The first-order valence-corrected chi connectivity index (χ1v) is 8.19. The molecule has 2 aromatic carbocycles. The molecular weight excluding hydrogens is 364 g/mol. The highest BCUT2D eigenvalue weighted by Crippen LogP contribution is 2.14. The molecule has 0 heterocycles. The molecule has 0 spiro atoms. The molecule has 1 N–H and O–H groups in total. The summed E-state index contributed by atoms with van der Waals surface area (Å²) in [5, 5.41) is 4.33. The number of nitrogens with zero attached hydrogens (tertiary/aromatic N) is 1. The number of hydrogen-bond acceptors (Lipinski definition) is 3. The molecule has 0 saturated carbocycles. The van der Waals surface area contributed by atoms with Crippen LogP contribution in [0.3, 0.4) is 0 Å². The Balaban J connectivity index is 2.09. The van der Waals surface area contributed by atoms with Gasteiger partial charge in [0.2, 0.25) is 0 Å². The molecule has 0 amide bonds. The van der Waals surface area contributed by atoms with Crippen molar-refractivity contribution in [1.29, 1.82) is 0 Å². The van der Waals surface area contributed by atoms with E-state index in [1.54, 1.807) is 36.4 Å². The molecule has 0 unspecified atom stereocenters. The number of hydrogen-bond donors (Lipinski definition) is 1. The molecule has 104 valence electrons. The van der Waals surface area contributed by atoms with Crippen LogP contribution in [0.25, 0.3) is 0 Å². The first-order chi connectivity index (χ1) is 9.47. The quantitative estimate of drug-likeness (QED) is 0.659. The van der Waals surface area contributed by atoms with Crippen LogP contribution in [0.1, 0.15) is 5.56 Å². The summed E-state index contributed by atoms with van der Waals surface area (Å²) in [5.74, 6) is 0. The fourth-order valence-electron chi connectivity index (χ4n) is 1.39. The summed E-state index contributed by atoms with van der Waals surface area (Å²) in [4.78, 5) is 2.30. The molecule has 0 atom stereocenters. The maximum absolute atomic E-state index is 11.9. The standard InChI is InChI=1S/C13H10BrClN2O2S/c14-11-3-7-13(8-4-11)20(18,19)17-16-9-10-1-5-12(15)6-2-10/h1-9,17H/b16-9+. The summed E-state index contributed by atoms with van der Waals surface area (Å²) in [6, 6.07) is 13.2. The summed E-state index contributed by atoms with van der Waals surface area (Å²) < 4.78 is 24.7. The SMILES string of the molecule is O=S(=O)(N/N=C/c1ccc(Cl)cc1)c1ccc(Br)cc1. The highest BCUT2D eigenvalue weighted by atomic mass is 79.9. The molecule has 2 aromatic rings. The van der Waals surface area contributed by atoms with E-state index in [4.69, 9.17) is 11.6 Å². The van der Waals surface area contributed by atoms with Crippen LogP contribution in [-0.2, 0) is 10.0 Å². The molecule has 0 aliphatic carbocycles. The largest absolute Gasteiger partial charge is 0.276 e. The minimum absolute atomic E-state index is 0.147. The topological polar surface area (TPSA) is 58.5 Å². The van der Waals surface area contributed by atoms with Crippen molar-refractivity contribution in [3.05, 3.63) is 63.6 Å². The van der Waals surface area contributed by atoms with Crippen LogP contribution >= 0.6 is 27.5 Å². The first kappa shape index (κ1) is 15.0. The zero-order valence-corrected chi connectivity index (χ0v) is 13.3. The number of nitrogens with one attached hydrogen (secondary N) is 1. The minimum atomic E-state index is -3.65. The lowest BCUT2D eigenvalue weighted by molar-refractivity contribution is 0.584. The predicted molar refractivity (Wildman–Crippen MR) is 83.5 cm³/mol. The van der Waals surface area contributed by atoms with E-state index in [1.807, 2.05) is 0 Å². The second-order valence-corrected chi connectivity index (χ2v) is 6.87. The highest BCUT2D eigenvalue weighted by molar-refractivity contribution is 9.10. The van der Waals surface area contributed by atoms with Gasteiger partial charge in [-0.2, -0.15) is 13.5 Å². The molecule has 0 radical (unpaired) electrons. The van der Waals surface area contributed by atoms with E-state index >= 15 is 0 Å². The van der Waals surface area contributed by atoms with Crippen LogP contribution in [0.4, 0.5) is 0 Å². The molecule has 4 nitrogen and oxygen atoms in total. The van der Waals surface area contributed by atoms with Crippen molar-refractivity contribution in [2.24, 2.45) is 5.10 Å². The van der Waals surface area contributed by atoms with Crippen LogP contribution in [0.2, 0.25) is 5.02 Å².